The maximum Gasteiger partial charge on any atom is 0.241 e. The fraction of sp³-hybridized carbons (Fsp3) is 0.462. The molecule has 0 fully saturated rings. The molecule has 0 aliphatic heterocycles. The van der Waals surface area contributed by atoms with E-state index in [4.69, 9.17) is 0 Å². The fourth-order valence-corrected chi connectivity index (χ4v) is 2.45. The van der Waals surface area contributed by atoms with Crippen molar-refractivity contribution in [2.24, 2.45) is 0 Å². The van der Waals surface area contributed by atoms with Crippen LogP contribution in [0.3, 0.4) is 0 Å². The van der Waals surface area contributed by atoms with Crippen molar-refractivity contribution in [1.29, 1.82) is 0 Å². The third kappa shape index (κ3) is 5.16. The van der Waals surface area contributed by atoms with Crippen molar-refractivity contribution >= 4 is 21.6 Å². The van der Waals surface area contributed by atoms with E-state index in [1.54, 1.807) is 20.8 Å². The molecule has 7 heteroatoms. The summed E-state index contributed by atoms with van der Waals surface area (Å²) in [4.78, 5) is 11.9. The maximum absolute atomic E-state index is 12.9. The summed E-state index contributed by atoms with van der Waals surface area (Å²) in [5.74, 6) is -0.895. The number of nitrogens with zero attached hydrogens (tertiary/aromatic N) is 1. The zero-order chi connectivity index (χ0) is 15.6. The summed E-state index contributed by atoms with van der Waals surface area (Å²) in [6.45, 7) is 5.05. The fourth-order valence-electron chi connectivity index (χ4n) is 1.60. The van der Waals surface area contributed by atoms with E-state index in [0.717, 1.165) is 22.7 Å². The highest BCUT2D eigenvalue weighted by Crippen LogP contribution is 2.17. The van der Waals surface area contributed by atoms with Crippen LogP contribution in [0.4, 0.5) is 10.1 Å². The zero-order valence-electron chi connectivity index (χ0n) is 12.0. The third-order valence-electron chi connectivity index (χ3n) is 2.32. The van der Waals surface area contributed by atoms with Crippen molar-refractivity contribution in [2.45, 2.75) is 26.3 Å². The van der Waals surface area contributed by atoms with Crippen LogP contribution in [0.25, 0.3) is 0 Å². The number of amides is 1. The summed E-state index contributed by atoms with van der Waals surface area (Å²) in [6.07, 6.45) is 1.00. The molecule has 0 bridgehead atoms. The van der Waals surface area contributed by atoms with Crippen LogP contribution in [0.15, 0.2) is 24.3 Å². The summed E-state index contributed by atoms with van der Waals surface area (Å²) in [5.41, 5.74) is -0.207. The van der Waals surface area contributed by atoms with Gasteiger partial charge < -0.3 is 5.32 Å². The predicted octanol–water partition coefficient (Wildman–Crippen LogP) is 1.51. The summed E-state index contributed by atoms with van der Waals surface area (Å²) in [5, 5.41) is 2.68. The Labute approximate surface area is 118 Å². The highest BCUT2D eigenvalue weighted by molar-refractivity contribution is 7.92. The Bertz CT molecular complexity index is 577. The Morgan fingerprint density at radius 2 is 1.75 bits per heavy atom. The average Bonchev–Trinajstić information content (AvgIpc) is 2.23. The molecule has 0 aliphatic rings. The van der Waals surface area contributed by atoms with Crippen LogP contribution in [0.5, 0.6) is 0 Å². The second-order valence-corrected chi connectivity index (χ2v) is 7.45. The van der Waals surface area contributed by atoms with Gasteiger partial charge in [0.15, 0.2) is 0 Å². The molecule has 0 radical (unpaired) electrons. The smallest absolute Gasteiger partial charge is 0.241 e. The maximum atomic E-state index is 12.9. The lowest BCUT2D eigenvalue weighted by molar-refractivity contribution is -0.121. The summed E-state index contributed by atoms with van der Waals surface area (Å²) in [7, 11) is -3.63. The second kappa shape index (κ2) is 5.78. The number of halogens is 1. The number of carbonyl (C=O) groups is 1. The van der Waals surface area contributed by atoms with Crippen molar-refractivity contribution in [2.75, 3.05) is 17.1 Å². The first-order chi connectivity index (χ1) is 8.99. The highest BCUT2D eigenvalue weighted by atomic mass is 32.2. The Morgan fingerprint density at radius 1 is 1.25 bits per heavy atom. The molecule has 1 rings (SSSR count). The lowest BCUT2D eigenvalue weighted by atomic mass is 10.1. The van der Waals surface area contributed by atoms with Crippen LogP contribution >= 0.6 is 0 Å². The van der Waals surface area contributed by atoms with E-state index in [1.165, 1.54) is 12.1 Å². The monoisotopic (exact) mass is 302 g/mol. The van der Waals surface area contributed by atoms with Crippen molar-refractivity contribution in [3.63, 3.8) is 0 Å². The topological polar surface area (TPSA) is 66.5 Å². The minimum absolute atomic E-state index is 0.248. The minimum Gasteiger partial charge on any atom is -0.350 e. The molecule has 5 nitrogen and oxygen atoms in total. The van der Waals surface area contributed by atoms with Gasteiger partial charge in [-0.2, -0.15) is 0 Å². The number of sulfonamides is 1. The quantitative estimate of drug-likeness (QED) is 0.916. The highest BCUT2D eigenvalue weighted by Gasteiger charge is 2.23. The molecule has 0 aromatic heterocycles. The van der Waals surface area contributed by atoms with Crippen LogP contribution in [0, 0.1) is 5.82 Å². The molecule has 0 saturated heterocycles. The third-order valence-corrected chi connectivity index (χ3v) is 3.46. The van der Waals surface area contributed by atoms with E-state index in [-0.39, 0.29) is 12.2 Å². The number of benzene rings is 1. The van der Waals surface area contributed by atoms with Crippen LogP contribution in [-0.4, -0.2) is 32.7 Å². The number of anilines is 1. The SMILES string of the molecule is CC(C)(C)NC(=O)CN(c1ccc(F)cc1)S(C)(=O)=O. The molecule has 0 heterocycles. The van der Waals surface area contributed by atoms with Crippen LogP contribution in [0.2, 0.25) is 0 Å². The summed E-state index contributed by atoms with van der Waals surface area (Å²) < 4.78 is 37.4. The molecule has 0 atom stereocenters. The molecular formula is C13H19FN2O3S. The van der Waals surface area contributed by atoms with Crippen LogP contribution < -0.4 is 9.62 Å². The van der Waals surface area contributed by atoms with Crippen molar-refractivity contribution in [3.05, 3.63) is 30.1 Å². The molecular weight excluding hydrogens is 283 g/mol. The summed E-state index contributed by atoms with van der Waals surface area (Å²) >= 11 is 0. The lowest BCUT2D eigenvalue weighted by Gasteiger charge is -2.25. The van der Waals surface area contributed by atoms with Gasteiger partial charge >= 0.3 is 0 Å². The van der Waals surface area contributed by atoms with Gasteiger partial charge in [0.1, 0.15) is 12.4 Å². The largest absolute Gasteiger partial charge is 0.350 e. The van der Waals surface area contributed by atoms with Gasteiger partial charge in [-0.1, -0.05) is 0 Å². The van der Waals surface area contributed by atoms with Gasteiger partial charge in [-0.25, -0.2) is 12.8 Å². The molecule has 1 aromatic carbocycles. The Kier molecular flexibility index (Phi) is 4.75. The first-order valence-corrected chi connectivity index (χ1v) is 7.88. The number of hydrogen-bond donors (Lipinski definition) is 1. The van der Waals surface area contributed by atoms with Gasteiger partial charge in [0.05, 0.1) is 11.9 Å². The Hall–Kier alpha value is -1.63. The normalized spacial score (nSPS) is 12.1. The minimum atomic E-state index is -3.63. The Morgan fingerprint density at radius 3 is 2.15 bits per heavy atom. The molecule has 0 saturated carbocycles. The first-order valence-electron chi connectivity index (χ1n) is 6.03. The van der Waals surface area contributed by atoms with Gasteiger partial charge in [-0.15, -0.1) is 0 Å². The Balaban J connectivity index is 2.98. The number of hydrogen-bond acceptors (Lipinski definition) is 3. The van der Waals surface area contributed by atoms with Gasteiger partial charge in [-0.05, 0) is 45.0 Å². The number of carbonyl (C=O) groups excluding carboxylic acids is 1. The molecule has 0 aliphatic carbocycles. The molecule has 1 N–H and O–H groups in total. The molecule has 1 aromatic rings. The van der Waals surface area contributed by atoms with Crippen LogP contribution in [-0.2, 0) is 14.8 Å². The van der Waals surface area contributed by atoms with E-state index >= 15 is 0 Å². The van der Waals surface area contributed by atoms with Crippen molar-refractivity contribution < 1.29 is 17.6 Å². The van der Waals surface area contributed by atoms with Gasteiger partial charge in [0.2, 0.25) is 15.9 Å². The van der Waals surface area contributed by atoms with E-state index < -0.39 is 27.3 Å². The van der Waals surface area contributed by atoms with Gasteiger partial charge in [0.25, 0.3) is 0 Å². The van der Waals surface area contributed by atoms with E-state index in [9.17, 15) is 17.6 Å². The second-order valence-electron chi connectivity index (χ2n) is 5.54. The molecule has 0 unspecified atom stereocenters. The van der Waals surface area contributed by atoms with E-state index in [1.807, 2.05) is 0 Å². The van der Waals surface area contributed by atoms with E-state index in [2.05, 4.69) is 5.32 Å². The number of rotatable bonds is 4. The zero-order valence-corrected chi connectivity index (χ0v) is 12.8. The van der Waals surface area contributed by atoms with Crippen LogP contribution in [0.1, 0.15) is 20.8 Å². The van der Waals surface area contributed by atoms with Crippen molar-refractivity contribution in [3.8, 4) is 0 Å². The standard InChI is InChI=1S/C13H19FN2O3S/c1-13(2,3)15-12(17)9-16(20(4,18)19)11-7-5-10(14)6-8-11/h5-8H,9H2,1-4H3,(H,15,17). The number of nitrogens with one attached hydrogen (secondary N) is 1. The molecule has 1 amide bonds. The van der Waals surface area contributed by atoms with E-state index in [0.29, 0.717) is 0 Å². The average molecular weight is 302 g/mol. The first kappa shape index (κ1) is 16.4. The molecule has 20 heavy (non-hydrogen) atoms. The lowest BCUT2D eigenvalue weighted by Crippen LogP contribution is -2.47. The molecule has 112 valence electrons. The summed E-state index contributed by atoms with van der Waals surface area (Å²) in [6, 6.07) is 4.94. The molecule has 0 spiro atoms. The van der Waals surface area contributed by atoms with Crippen molar-refractivity contribution in [1.82, 2.24) is 5.32 Å². The predicted molar refractivity (Wildman–Crippen MR) is 76.5 cm³/mol. The van der Waals surface area contributed by atoms with Gasteiger partial charge in [-0.3, -0.25) is 9.10 Å². The van der Waals surface area contributed by atoms with Gasteiger partial charge in [0, 0.05) is 5.54 Å².